The standard InChI is InChI=1S/C20H25NO2/c1-3-10-20(22)23-17(2)21(15-18-11-6-4-7-12-18)16-19-13-8-5-9-14-19/h4-9,11-14,17H,3,10,15-16H2,1-2H3. The van der Waals surface area contributed by atoms with Gasteiger partial charge in [0.1, 0.15) is 0 Å². The fraction of sp³-hybridized carbons (Fsp3) is 0.350. The smallest absolute Gasteiger partial charge is 0.307 e. The molecule has 3 heteroatoms. The Morgan fingerprint density at radius 3 is 1.87 bits per heavy atom. The number of carbonyl (C=O) groups is 1. The summed E-state index contributed by atoms with van der Waals surface area (Å²) in [6.07, 6.45) is 1.02. The van der Waals surface area contributed by atoms with Crippen molar-refractivity contribution in [1.29, 1.82) is 0 Å². The maximum atomic E-state index is 11.8. The van der Waals surface area contributed by atoms with Gasteiger partial charge < -0.3 is 4.74 Å². The minimum atomic E-state index is -0.255. The predicted octanol–water partition coefficient (Wildman–Crippen LogP) is 4.38. The largest absolute Gasteiger partial charge is 0.447 e. The predicted molar refractivity (Wildman–Crippen MR) is 92.6 cm³/mol. The van der Waals surface area contributed by atoms with Gasteiger partial charge in [-0.25, -0.2) is 0 Å². The zero-order valence-electron chi connectivity index (χ0n) is 13.9. The van der Waals surface area contributed by atoms with Crippen LogP contribution in [0.15, 0.2) is 60.7 Å². The Hall–Kier alpha value is -2.13. The number of hydrogen-bond donors (Lipinski definition) is 0. The first-order chi connectivity index (χ1) is 11.2. The molecule has 2 aromatic rings. The lowest BCUT2D eigenvalue weighted by Crippen LogP contribution is -2.35. The van der Waals surface area contributed by atoms with E-state index < -0.39 is 0 Å². The van der Waals surface area contributed by atoms with E-state index in [4.69, 9.17) is 4.74 Å². The summed E-state index contributed by atoms with van der Waals surface area (Å²) < 4.78 is 5.58. The van der Waals surface area contributed by atoms with E-state index in [9.17, 15) is 4.79 Å². The third-order valence-electron chi connectivity index (χ3n) is 3.73. The lowest BCUT2D eigenvalue weighted by molar-refractivity contribution is -0.158. The van der Waals surface area contributed by atoms with Crippen LogP contribution in [0.1, 0.15) is 37.8 Å². The molecule has 0 spiro atoms. The summed E-state index contributed by atoms with van der Waals surface area (Å²) in [5.41, 5.74) is 2.42. The molecular formula is C20H25NO2. The van der Waals surface area contributed by atoms with Gasteiger partial charge in [-0.3, -0.25) is 9.69 Å². The van der Waals surface area contributed by atoms with Crippen LogP contribution in [0, 0.1) is 0 Å². The third-order valence-corrected chi connectivity index (χ3v) is 3.73. The van der Waals surface area contributed by atoms with Crippen LogP contribution >= 0.6 is 0 Å². The summed E-state index contributed by atoms with van der Waals surface area (Å²) >= 11 is 0. The van der Waals surface area contributed by atoms with Gasteiger partial charge in [0, 0.05) is 19.5 Å². The van der Waals surface area contributed by atoms with Gasteiger partial charge in [-0.05, 0) is 24.5 Å². The van der Waals surface area contributed by atoms with Crippen molar-refractivity contribution in [2.75, 3.05) is 0 Å². The zero-order chi connectivity index (χ0) is 16.5. The summed E-state index contributed by atoms with van der Waals surface area (Å²) in [5.74, 6) is -0.133. The fourth-order valence-electron chi connectivity index (χ4n) is 2.48. The number of nitrogens with zero attached hydrogens (tertiary/aromatic N) is 1. The van der Waals surface area contributed by atoms with Crippen LogP contribution in [0.2, 0.25) is 0 Å². The number of carbonyl (C=O) groups excluding carboxylic acids is 1. The fourth-order valence-corrected chi connectivity index (χ4v) is 2.48. The molecule has 0 aliphatic rings. The Labute approximate surface area is 138 Å². The Kier molecular flexibility index (Phi) is 6.82. The van der Waals surface area contributed by atoms with E-state index >= 15 is 0 Å². The topological polar surface area (TPSA) is 29.5 Å². The normalized spacial score (nSPS) is 12.1. The van der Waals surface area contributed by atoms with Crippen LogP contribution in [0.4, 0.5) is 0 Å². The molecule has 2 rings (SSSR count). The lowest BCUT2D eigenvalue weighted by atomic mass is 10.1. The van der Waals surface area contributed by atoms with Crippen LogP contribution in [0.5, 0.6) is 0 Å². The molecule has 0 fully saturated rings. The van der Waals surface area contributed by atoms with Gasteiger partial charge in [-0.2, -0.15) is 0 Å². The number of esters is 1. The first-order valence-corrected chi connectivity index (χ1v) is 8.20. The van der Waals surface area contributed by atoms with Crippen molar-refractivity contribution in [3.8, 4) is 0 Å². The third kappa shape index (κ3) is 5.87. The molecule has 0 aliphatic carbocycles. The SMILES string of the molecule is CCCC(=O)OC(C)N(Cc1ccccc1)Cc1ccccc1. The molecule has 0 amide bonds. The van der Waals surface area contributed by atoms with E-state index in [0.717, 1.165) is 19.5 Å². The average Bonchev–Trinajstić information content (AvgIpc) is 2.56. The van der Waals surface area contributed by atoms with Gasteiger partial charge in [-0.1, -0.05) is 67.6 Å². The van der Waals surface area contributed by atoms with E-state index in [0.29, 0.717) is 6.42 Å². The van der Waals surface area contributed by atoms with Gasteiger partial charge in [0.25, 0.3) is 0 Å². The van der Waals surface area contributed by atoms with Gasteiger partial charge in [0.2, 0.25) is 0 Å². The lowest BCUT2D eigenvalue weighted by Gasteiger charge is -2.29. The van der Waals surface area contributed by atoms with E-state index in [1.807, 2.05) is 50.2 Å². The number of benzene rings is 2. The molecule has 0 aliphatic heterocycles. The van der Waals surface area contributed by atoms with Gasteiger partial charge in [0.05, 0.1) is 0 Å². The zero-order valence-corrected chi connectivity index (χ0v) is 13.9. The Morgan fingerprint density at radius 2 is 1.43 bits per heavy atom. The highest BCUT2D eigenvalue weighted by atomic mass is 16.6. The molecule has 122 valence electrons. The number of rotatable bonds is 8. The minimum absolute atomic E-state index is 0.133. The summed E-state index contributed by atoms with van der Waals surface area (Å²) in [5, 5.41) is 0. The molecule has 23 heavy (non-hydrogen) atoms. The second-order valence-electron chi connectivity index (χ2n) is 5.72. The molecule has 1 atom stereocenters. The van der Waals surface area contributed by atoms with Crippen molar-refractivity contribution in [1.82, 2.24) is 4.90 Å². The Balaban J connectivity index is 2.08. The van der Waals surface area contributed by atoms with Crippen LogP contribution in [-0.4, -0.2) is 17.1 Å². The van der Waals surface area contributed by atoms with E-state index in [-0.39, 0.29) is 12.2 Å². The number of ether oxygens (including phenoxy) is 1. The Morgan fingerprint density at radius 1 is 0.957 bits per heavy atom. The van der Waals surface area contributed by atoms with Crippen LogP contribution in [0.3, 0.4) is 0 Å². The summed E-state index contributed by atoms with van der Waals surface area (Å²) in [4.78, 5) is 14.0. The molecule has 0 N–H and O–H groups in total. The highest BCUT2D eigenvalue weighted by molar-refractivity contribution is 5.69. The van der Waals surface area contributed by atoms with Crippen molar-refractivity contribution >= 4 is 5.97 Å². The average molecular weight is 311 g/mol. The second-order valence-corrected chi connectivity index (χ2v) is 5.72. The van der Waals surface area contributed by atoms with Crippen LogP contribution in [-0.2, 0) is 22.6 Å². The molecule has 0 saturated carbocycles. The van der Waals surface area contributed by atoms with E-state index in [2.05, 4.69) is 29.2 Å². The molecule has 2 aromatic carbocycles. The van der Waals surface area contributed by atoms with Crippen molar-refractivity contribution in [3.63, 3.8) is 0 Å². The van der Waals surface area contributed by atoms with E-state index in [1.54, 1.807) is 0 Å². The second kappa shape index (κ2) is 9.11. The maximum Gasteiger partial charge on any atom is 0.307 e. The summed E-state index contributed by atoms with van der Waals surface area (Å²) in [6.45, 7) is 5.42. The van der Waals surface area contributed by atoms with Crippen molar-refractivity contribution in [3.05, 3.63) is 71.8 Å². The summed E-state index contributed by atoms with van der Waals surface area (Å²) in [7, 11) is 0. The quantitative estimate of drug-likeness (QED) is 0.535. The Bertz CT molecular complexity index is 542. The van der Waals surface area contributed by atoms with Crippen molar-refractivity contribution < 1.29 is 9.53 Å². The first kappa shape index (κ1) is 17.2. The molecule has 0 saturated heterocycles. The summed E-state index contributed by atoms with van der Waals surface area (Å²) in [6, 6.07) is 20.5. The molecule has 0 radical (unpaired) electrons. The van der Waals surface area contributed by atoms with Crippen molar-refractivity contribution in [2.24, 2.45) is 0 Å². The highest BCUT2D eigenvalue weighted by Gasteiger charge is 2.18. The minimum Gasteiger partial charge on any atom is -0.447 e. The number of hydrogen-bond acceptors (Lipinski definition) is 3. The van der Waals surface area contributed by atoms with Gasteiger partial charge >= 0.3 is 5.97 Å². The van der Waals surface area contributed by atoms with Crippen LogP contribution in [0.25, 0.3) is 0 Å². The molecule has 3 nitrogen and oxygen atoms in total. The van der Waals surface area contributed by atoms with Gasteiger partial charge in [-0.15, -0.1) is 0 Å². The maximum absolute atomic E-state index is 11.8. The molecule has 0 aromatic heterocycles. The molecule has 0 bridgehead atoms. The van der Waals surface area contributed by atoms with Crippen molar-refractivity contribution in [2.45, 2.75) is 46.0 Å². The van der Waals surface area contributed by atoms with Gasteiger partial charge in [0.15, 0.2) is 6.23 Å². The highest BCUT2D eigenvalue weighted by Crippen LogP contribution is 2.14. The van der Waals surface area contributed by atoms with Crippen LogP contribution < -0.4 is 0 Å². The first-order valence-electron chi connectivity index (χ1n) is 8.20. The molecule has 0 heterocycles. The molecular weight excluding hydrogens is 286 g/mol. The molecule has 1 unspecified atom stereocenters. The monoisotopic (exact) mass is 311 g/mol. The van der Waals surface area contributed by atoms with E-state index in [1.165, 1.54) is 11.1 Å².